The lowest BCUT2D eigenvalue weighted by Crippen LogP contribution is -2.11. The Balaban J connectivity index is 2.54. The molecule has 0 aliphatic heterocycles. The van der Waals surface area contributed by atoms with Gasteiger partial charge in [-0.15, -0.1) is 0 Å². The van der Waals surface area contributed by atoms with Gasteiger partial charge in [-0.2, -0.15) is 0 Å². The first-order valence-corrected chi connectivity index (χ1v) is 4.73. The highest BCUT2D eigenvalue weighted by molar-refractivity contribution is 5.99. The minimum absolute atomic E-state index is 0.0805. The van der Waals surface area contributed by atoms with E-state index < -0.39 is 0 Å². The number of aliphatic hydroxyl groups is 1. The molecular formula is C10H14N4O. The van der Waals surface area contributed by atoms with Crippen molar-refractivity contribution in [3.05, 3.63) is 24.4 Å². The van der Waals surface area contributed by atoms with Crippen LogP contribution in [0.2, 0.25) is 0 Å². The van der Waals surface area contributed by atoms with Gasteiger partial charge in [-0.25, -0.2) is 0 Å². The molecule has 0 atom stereocenters. The minimum Gasteiger partial charge on any atom is -0.398 e. The molecule has 2 rings (SSSR count). The summed E-state index contributed by atoms with van der Waals surface area (Å²) in [7, 11) is 0. The van der Waals surface area contributed by atoms with Crippen molar-refractivity contribution in [1.82, 2.24) is 4.68 Å². The van der Waals surface area contributed by atoms with Crippen molar-refractivity contribution in [2.24, 2.45) is 0 Å². The summed E-state index contributed by atoms with van der Waals surface area (Å²) in [4.78, 5) is 0. The zero-order chi connectivity index (χ0) is 10.8. The third-order valence-electron chi connectivity index (χ3n) is 2.34. The second kappa shape index (κ2) is 3.70. The molecule has 0 spiro atoms. The average molecular weight is 206 g/mol. The number of rotatable bonds is 3. The van der Waals surface area contributed by atoms with Gasteiger partial charge in [-0.3, -0.25) is 4.68 Å². The van der Waals surface area contributed by atoms with Crippen LogP contribution in [0.25, 0.3) is 10.9 Å². The lowest BCUT2D eigenvalue weighted by Gasteiger charge is -2.09. The van der Waals surface area contributed by atoms with Gasteiger partial charge < -0.3 is 22.0 Å². The van der Waals surface area contributed by atoms with E-state index in [2.05, 4.69) is 5.32 Å². The van der Waals surface area contributed by atoms with Crippen molar-refractivity contribution in [3.63, 3.8) is 0 Å². The molecule has 0 aliphatic rings. The van der Waals surface area contributed by atoms with Crippen LogP contribution in [-0.2, 0) is 0 Å². The highest BCUT2D eigenvalue weighted by atomic mass is 16.3. The van der Waals surface area contributed by atoms with Crippen LogP contribution in [0.4, 0.5) is 11.4 Å². The van der Waals surface area contributed by atoms with Crippen LogP contribution in [0.3, 0.4) is 0 Å². The largest absolute Gasteiger partial charge is 0.398 e. The number of nitrogens with zero attached hydrogens (tertiary/aromatic N) is 1. The van der Waals surface area contributed by atoms with Gasteiger partial charge in [0.15, 0.2) is 0 Å². The Morgan fingerprint density at radius 1 is 1.33 bits per heavy atom. The zero-order valence-electron chi connectivity index (χ0n) is 8.27. The monoisotopic (exact) mass is 206 g/mol. The molecule has 6 N–H and O–H groups in total. The van der Waals surface area contributed by atoms with Crippen molar-refractivity contribution in [2.75, 3.05) is 30.0 Å². The van der Waals surface area contributed by atoms with Crippen molar-refractivity contribution in [2.45, 2.75) is 0 Å². The third kappa shape index (κ3) is 1.57. The van der Waals surface area contributed by atoms with Gasteiger partial charge in [-0.05, 0) is 18.2 Å². The van der Waals surface area contributed by atoms with Crippen molar-refractivity contribution in [3.8, 4) is 0 Å². The van der Waals surface area contributed by atoms with Gasteiger partial charge in [-0.1, -0.05) is 0 Å². The maximum Gasteiger partial charge on any atom is 0.0941 e. The average Bonchev–Trinajstić information content (AvgIpc) is 2.61. The molecule has 1 aromatic heterocycles. The Morgan fingerprint density at radius 3 is 2.87 bits per heavy atom. The number of hydrogen-bond acceptors (Lipinski definition) is 4. The van der Waals surface area contributed by atoms with Crippen LogP contribution in [0.5, 0.6) is 0 Å². The number of nitrogen functional groups attached to an aromatic ring is 2. The molecule has 2 aromatic rings. The highest BCUT2D eigenvalue weighted by Crippen LogP contribution is 2.27. The summed E-state index contributed by atoms with van der Waals surface area (Å²) in [5.74, 6) is 5.78. The molecule has 80 valence electrons. The summed E-state index contributed by atoms with van der Waals surface area (Å²) in [6.45, 7) is 0.571. The van der Waals surface area contributed by atoms with Crippen LogP contribution < -0.4 is 16.9 Å². The molecule has 0 saturated heterocycles. The molecule has 15 heavy (non-hydrogen) atoms. The maximum atomic E-state index is 8.75. The van der Waals surface area contributed by atoms with Crippen LogP contribution in [0.15, 0.2) is 24.4 Å². The summed E-state index contributed by atoms with van der Waals surface area (Å²) < 4.78 is 1.52. The lowest BCUT2D eigenvalue weighted by molar-refractivity contribution is 0.311. The molecule has 1 aromatic carbocycles. The molecule has 5 heteroatoms. The van der Waals surface area contributed by atoms with Crippen LogP contribution in [0.1, 0.15) is 0 Å². The quantitative estimate of drug-likeness (QED) is 0.430. The molecular weight excluding hydrogens is 192 g/mol. The summed E-state index contributed by atoms with van der Waals surface area (Å²) in [5, 5.41) is 12.8. The predicted octanol–water partition coefficient (Wildman–Crippen LogP) is 0.341. The first-order chi connectivity index (χ1) is 7.24. The maximum absolute atomic E-state index is 8.75. The molecule has 0 saturated carbocycles. The molecule has 5 nitrogen and oxygen atoms in total. The third-order valence-corrected chi connectivity index (χ3v) is 2.34. The lowest BCUT2D eigenvalue weighted by atomic mass is 10.2. The minimum atomic E-state index is 0.0805. The van der Waals surface area contributed by atoms with E-state index in [4.69, 9.17) is 16.7 Å². The summed E-state index contributed by atoms with van der Waals surface area (Å²) in [6.07, 6.45) is 1.76. The van der Waals surface area contributed by atoms with Crippen molar-refractivity contribution in [1.29, 1.82) is 0 Å². The fourth-order valence-corrected chi connectivity index (χ4v) is 1.64. The fraction of sp³-hybridized carbons (Fsp3) is 0.200. The van der Waals surface area contributed by atoms with E-state index in [0.29, 0.717) is 12.2 Å². The van der Waals surface area contributed by atoms with Crippen LogP contribution >= 0.6 is 0 Å². The Hall–Kier alpha value is -1.88. The predicted molar refractivity (Wildman–Crippen MR) is 62.1 cm³/mol. The number of nitrogens with two attached hydrogens (primary N) is 2. The molecule has 0 bridgehead atoms. The van der Waals surface area contributed by atoms with Crippen molar-refractivity contribution < 1.29 is 5.11 Å². The Kier molecular flexibility index (Phi) is 2.39. The van der Waals surface area contributed by atoms with Crippen molar-refractivity contribution >= 4 is 22.3 Å². The number of benzene rings is 1. The van der Waals surface area contributed by atoms with Gasteiger partial charge in [0.05, 0.1) is 17.8 Å². The van der Waals surface area contributed by atoms with E-state index in [0.717, 1.165) is 16.6 Å². The molecule has 0 radical (unpaired) electrons. The molecule has 0 fully saturated rings. The van der Waals surface area contributed by atoms with Crippen LogP contribution in [-0.4, -0.2) is 22.9 Å². The molecule has 0 amide bonds. The van der Waals surface area contributed by atoms with E-state index >= 15 is 0 Å². The molecule has 1 heterocycles. The second-order valence-corrected chi connectivity index (χ2v) is 3.34. The topological polar surface area (TPSA) is 89.2 Å². The summed E-state index contributed by atoms with van der Waals surface area (Å²) in [6, 6.07) is 5.55. The number of hydrogen-bond donors (Lipinski definition) is 4. The second-order valence-electron chi connectivity index (χ2n) is 3.34. The first kappa shape index (κ1) is 9.67. The SMILES string of the molecule is Nc1ccc(NCCO)c2c1ccn2N. The van der Waals surface area contributed by atoms with Crippen LogP contribution in [0, 0.1) is 0 Å². The number of aromatic nitrogens is 1. The van der Waals surface area contributed by atoms with E-state index in [1.165, 1.54) is 4.68 Å². The fourth-order valence-electron chi connectivity index (χ4n) is 1.64. The van der Waals surface area contributed by atoms with E-state index in [1.807, 2.05) is 18.2 Å². The van der Waals surface area contributed by atoms with Gasteiger partial charge in [0.25, 0.3) is 0 Å². The Morgan fingerprint density at radius 2 is 2.13 bits per heavy atom. The number of anilines is 2. The normalized spacial score (nSPS) is 10.7. The van der Waals surface area contributed by atoms with Gasteiger partial charge >= 0.3 is 0 Å². The Bertz CT molecular complexity index is 477. The molecule has 0 unspecified atom stereocenters. The standard InChI is InChI=1S/C10H14N4O/c11-8-1-2-9(13-4-6-15)10-7(8)3-5-14(10)12/h1-3,5,13,15H,4,6,11-12H2. The number of nitrogens with one attached hydrogen (secondary N) is 1. The summed E-state index contributed by atoms with van der Waals surface area (Å²) >= 11 is 0. The zero-order valence-corrected chi connectivity index (χ0v) is 8.27. The van der Waals surface area contributed by atoms with Gasteiger partial charge in [0.1, 0.15) is 0 Å². The van der Waals surface area contributed by atoms with Gasteiger partial charge in [0.2, 0.25) is 0 Å². The van der Waals surface area contributed by atoms with Gasteiger partial charge in [0, 0.05) is 23.8 Å². The Labute approximate surface area is 87.3 Å². The number of aliphatic hydroxyl groups excluding tert-OH is 1. The number of fused-ring (bicyclic) bond motifs is 1. The molecule has 0 aliphatic carbocycles. The van der Waals surface area contributed by atoms with E-state index in [1.54, 1.807) is 6.20 Å². The first-order valence-electron chi connectivity index (χ1n) is 4.73. The smallest absolute Gasteiger partial charge is 0.0941 e. The van der Waals surface area contributed by atoms with E-state index in [9.17, 15) is 0 Å². The van der Waals surface area contributed by atoms with E-state index in [-0.39, 0.29) is 6.61 Å². The summed E-state index contributed by atoms with van der Waals surface area (Å²) in [5.41, 5.74) is 8.25. The highest BCUT2D eigenvalue weighted by Gasteiger charge is 2.07.